The lowest BCUT2D eigenvalue weighted by molar-refractivity contribution is 0.378. The van der Waals surface area contributed by atoms with E-state index in [2.05, 4.69) is 28.2 Å². The van der Waals surface area contributed by atoms with Crippen LogP contribution in [0.2, 0.25) is 0 Å². The van der Waals surface area contributed by atoms with E-state index in [0.29, 0.717) is 0 Å². The highest BCUT2D eigenvalue weighted by molar-refractivity contribution is 5.71. The average Bonchev–Trinajstić information content (AvgIpc) is 2.31. The predicted molar refractivity (Wildman–Crippen MR) is 61.0 cm³/mol. The molecule has 1 aromatic carbocycles. The first-order valence-corrected chi connectivity index (χ1v) is 4.92. The van der Waals surface area contributed by atoms with Crippen LogP contribution < -0.4 is 4.74 Å². The van der Waals surface area contributed by atoms with E-state index in [0.717, 1.165) is 19.0 Å². The second kappa shape index (κ2) is 4.64. The topological polar surface area (TPSA) is 24.8 Å². The van der Waals surface area contributed by atoms with Crippen molar-refractivity contribution < 1.29 is 4.74 Å². The fourth-order valence-corrected chi connectivity index (χ4v) is 1.49. The average molecular weight is 202 g/mol. The minimum absolute atomic E-state index is 0.739. The van der Waals surface area contributed by atoms with Crippen molar-refractivity contribution in [3.05, 3.63) is 42.1 Å². The highest BCUT2D eigenvalue weighted by atomic mass is 16.5. The van der Waals surface area contributed by atoms with Crippen LogP contribution in [-0.4, -0.2) is 24.9 Å². The van der Waals surface area contributed by atoms with E-state index in [1.807, 2.05) is 24.4 Å². The lowest BCUT2D eigenvalue weighted by Crippen LogP contribution is -2.18. The predicted octanol–water partition coefficient (Wildman–Crippen LogP) is 2.05. The minimum atomic E-state index is 0.739. The highest BCUT2D eigenvalue weighted by Crippen LogP contribution is 2.13. The van der Waals surface area contributed by atoms with Gasteiger partial charge in [-0.2, -0.15) is 0 Å². The van der Waals surface area contributed by atoms with Crippen molar-refractivity contribution in [3.8, 4) is 5.75 Å². The van der Waals surface area contributed by atoms with E-state index in [-0.39, 0.29) is 0 Å². The number of benzene rings is 1. The molecule has 0 spiro atoms. The maximum atomic E-state index is 5.11. The molecule has 1 heterocycles. The van der Waals surface area contributed by atoms with Gasteiger partial charge in [0.25, 0.3) is 0 Å². The Bertz CT molecular complexity index is 368. The summed E-state index contributed by atoms with van der Waals surface area (Å²) in [5, 5.41) is 0. The summed E-state index contributed by atoms with van der Waals surface area (Å²) >= 11 is 0. The van der Waals surface area contributed by atoms with Crippen molar-refractivity contribution in [2.45, 2.75) is 6.54 Å². The molecule has 2 rings (SSSR count). The molecule has 1 aliphatic heterocycles. The summed E-state index contributed by atoms with van der Waals surface area (Å²) in [6, 6.07) is 8.11. The summed E-state index contributed by atoms with van der Waals surface area (Å²) in [7, 11) is 1.68. The molecule has 0 saturated carbocycles. The van der Waals surface area contributed by atoms with Crippen LogP contribution in [0.3, 0.4) is 0 Å². The van der Waals surface area contributed by atoms with Crippen LogP contribution in [0.1, 0.15) is 5.56 Å². The Morgan fingerprint density at radius 2 is 2.13 bits per heavy atom. The van der Waals surface area contributed by atoms with Gasteiger partial charge in [-0.15, -0.1) is 0 Å². The molecule has 0 aliphatic carbocycles. The first-order valence-electron chi connectivity index (χ1n) is 4.92. The zero-order chi connectivity index (χ0) is 10.5. The number of aliphatic imine (C=N–C) groups is 1. The van der Waals surface area contributed by atoms with Gasteiger partial charge >= 0.3 is 0 Å². The van der Waals surface area contributed by atoms with Crippen molar-refractivity contribution in [1.82, 2.24) is 4.90 Å². The number of hydrogen-bond acceptors (Lipinski definition) is 3. The van der Waals surface area contributed by atoms with Crippen molar-refractivity contribution in [3.63, 3.8) is 0 Å². The lowest BCUT2D eigenvalue weighted by Gasteiger charge is -2.19. The number of allylic oxidation sites excluding steroid dienone is 1. The number of ether oxygens (including phenoxy) is 1. The van der Waals surface area contributed by atoms with Gasteiger partial charge in [-0.25, -0.2) is 0 Å². The van der Waals surface area contributed by atoms with E-state index in [9.17, 15) is 0 Å². The van der Waals surface area contributed by atoms with Gasteiger partial charge in [0, 0.05) is 19.0 Å². The van der Waals surface area contributed by atoms with Gasteiger partial charge in [-0.05, 0) is 23.8 Å². The molecule has 0 bridgehead atoms. The maximum Gasteiger partial charge on any atom is 0.118 e. The summed E-state index contributed by atoms with van der Waals surface area (Å²) < 4.78 is 5.11. The molecule has 0 fully saturated rings. The number of methoxy groups -OCH3 is 1. The lowest BCUT2D eigenvalue weighted by atomic mass is 10.2. The SMILES string of the molecule is COc1ccc(CN2C=CC=NC2)cc1. The molecule has 1 aromatic rings. The molecule has 0 N–H and O–H groups in total. The second-order valence-corrected chi connectivity index (χ2v) is 3.41. The summed E-state index contributed by atoms with van der Waals surface area (Å²) in [6.07, 6.45) is 5.83. The minimum Gasteiger partial charge on any atom is -0.497 e. The number of nitrogens with zero attached hydrogens (tertiary/aromatic N) is 2. The molecule has 0 radical (unpaired) electrons. The van der Waals surface area contributed by atoms with Gasteiger partial charge in [0.1, 0.15) is 12.4 Å². The Balaban J connectivity index is 1.98. The molecule has 0 aromatic heterocycles. The van der Waals surface area contributed by atoms with Gasteiger partial charge in [0.2, 0.25) is 0 Å². The molecule has 78 valence electrons. The Kier molecular flexibility index (Phi) is 3.02. The molecule has 15 heavy (non-hydrogen) atoms. The molecule has 0 amide bonds. The number of hydrogen-bond donors (Lipinski definition) is 0. The van der Waals surface area contributed by atoms with Gasteiger partial charge in [0.15, 0.2) is 0 Å². The molecular weight excluding hydrogens is 188 g/mol. The Morgan fingerprint density at radius 1 is 1.33 bits per heavy atom. The van der Waals surface area contributed by atoms with Crippen molar-refractivity contribution >= 4 is 6.21 Å². The smallest absolute Gasteiger partial charge is 0.118 e. The molecule has 0 unspecified atom stereocenters. The van der Waals surface area contributed by atoms with Crippen LogP contribution in [0, 0.1) is 0 Å². The van der Waals surface area contributed by atoms with E-state index >= 15 is 0 Å². The molecule has 1 aliphatic rings. The molecular formula is C12H14N2O. The van der Waals surface area contributed by atoms with E-state index < -0.39 is 0 Å². The van der Waals surface area contributed by atoms with Gasteiger partial charge in [0.05, 0.1) is 7.11 Å². The van der Waals surface area contributed by atoms with E-state index in [1.165, 1.54) is 5.56 Å². The van der Waals surface area contributed by atoms with Crippen LogP contribution in [0.15, 0.2) is 41.5 Å². The third-order valence-corrected chi connectivity index (χ3v) is 2.30. The normalized spacial score (nSPS) is 14.3. The van der Waals surface area contributed by atoms with E-state index in [4.69, 9.17) is 4.74 Å². The Morgan fingerprint density at radius 3 is 2.73 bits per heavy atom. The third kappa shape index (κ3) is 2.59. The zero-order valence-electron chi connectivity index (χ0n) is 8.76. The van der Waals surface area contributed by atoms with Crippen LogP contribution in [0.25, 0.3) is 0 Å². The second-order valence-electron chi connectivity index (χ2n) is 3.41. The molecule has 0 saturated heterocycles. The molecule has 3 nitrogen and oxygen atoms in total. The quantitative estimate of drug-likeness (QED) is 0.749. The maximum absolute atomic E-state index is 5.11. The van der Waals surface area contributed by atoms with Crippen molar-refractivity contribution in [2.24, 2.45) is 4.99 Å². The standard InChI is InChI=1S/C12H14N2O/c1-15-12-5-3-11(4-6-12)9-14-8-2-7-13-10-14/h2-8H,9-10H2,1H3. The monoisotopic (exact) mass is 202 g/mol. The summed E-state index contributed by atoms with van der Waals surface area (Å²) in [6.45, 7) is 1.63. The molecule has 0 atom stereocenters. The van der Waals surface area contributed by atoms with Gasteiger partial charge in [-0.3, -0.25) is 4.99 Å². The Hall–Kier alpha value is -1.77. The summed E-state index contributed by atoms with van der Waals surface area (Å²) in [4.78, 5) is 6.33. The number of rotatable bonds is 3. The zero-order valence-corrected chi connectivity index (χ0v) is 8.76. The van der Waals surface area contributed by atoms with Crippen LogP contribution in [0.5, 0.6) is 5.75 Å². The Labute approximate surface area is 89.7 Å². The highest BCUT2D eigenvalue weighted by Gasteiger charge is 2.01. The fourth-order valence-electron chi connectivity index (χ4n) is 1.49. The fraction of sp³-hybridized carbons (Fsp3) is 0.250. The van der Waals surface area contributed by atoms with Crippen molar-refractivity contribution in [1.29, 1.82) is 0 Å². The third-order valence-electron chi connectivity index (χ3n) is 2.30. The van der Waals surface area contributed by atoms with Gasteiger partial charge in [-0.1, -0.05) is 12.1 Å². The largest absolute Gasteiger partial charge is 0.497 e. The van der Waals surface area contributed by atoms with Crippen LogP contribution >= 0.6 is 0 Å². The van der Waals surface area contributed by atoms with E-state index in [1.54, 1.807) is 7.11 Å². The molecule has 3 heteroatoms. The summed E-state index contributed by atoms with van der Waals surface area (Å²) in [5.41, 5.74) is 1.26. The summed E-state index contributed by atoms with van der Waals surface area (Å²) in [5.74, 6) is 0.894. The van der Waals surface area contributed by atoms with Crippen molar-refractivity contribution in [2.75, 3.05) is 13.8 Å². The van der Waals surface area contributed by atoms with Gasteiger partial charge < -0.3 is 9.64 Å². The first kappa shape index (κ1) is 9.77. The van der Waals surface area contributed by atoms with Crippen LogP contribution in [-0.2, 0) is 6.54 Å². The van der Waals surface area contributed by atoms with Crippen LogP contribution in [0.4, 0.5) is 0 Å². The first-order chi connectivity index (χ1) is 7.38.